The maximum Gasteiger partial charge on any atom is 0.119 e. The van der Waals surface area contributed by atoms with Gasteiger partial charge < -0.3 is 15.9 Å². The van der Waals surface area contributed by atoms with Gasteiger partial charge in [-0.05, 0) is 53.9 Å². The van der Waals surface area contributed by atoms with E-state index in [4.69, 9.17) is 15.9 Å². The fourth-order valence-electron chi connectivity index (χ4n) is 2.85. The number of hydrogen-bond donors (Lipinski definition) is 2. The summed E-state index contributed by atoms with van der Waals surface area (Å²) >= 11 is 0. The first-order valence-corrected chi connectivity index (χ1v) is 8.17. The molecule has 0 amide bonds. The maximum atomic E-state index is 8.25. The minimum Gasteiger partial charge on any atom is -0.497 e. The Bertz CT molecular complexity index is 565. The number of benzene rings is 1. The van der Waals surface area contributed by atoms with Crippen LogP contribution in [0.5, 0.6) is 5.75 Å². The fourth-order valence-corrected chi connectivity index (χ4v) is 2.85. The molecule has 3 N–H and O–H groups in total. The second kappa shape index (κ2) is 7.67. The zero-order chi connectivity index (χ0) is 17.7. The highest BCUT2D eigenvalue weighted by Gasteiger charge is 2.21. The third-order valence-electron chi connectivity index (χ3n) is 3.58. The van der Waals surface area contributed by atoms with Gasteiger partial charge in [0.15, 0.2) is 0 Å². The van der Waals surface area contributed by atoms with Gasteiger partial charge in [0.2, 0.25) is 0 Å². The second-order valence-electron chi connectivity index (χ2n) is 8.35. The molecule has 23 heavy (non-hydrogen) atoms. The average molecular weight is 316 g/mol. The maximum absolute atomic E-state index is 8.25. The quantitative estimate of drug-likeness (QED) is 0.699. The first-order chi connectivity index (χ1) is 10.5. The molecule has 128 valence electrons. The molecule has 0 fully saturated rings. The van der Waals surface area contributed by atoms with Gasteiger partial charge in [-0.3, -0.25) is 0 Å². The summed E-state index contributed by atoms with van der Waals surface area (Å²) in [6.07, 6.45) is 4.25. The van der Waals surface area contributed by atoms with Crippen molar-refractivity contribution in [2.75, 3.05) is 7.11 Å². The lowest BCUT2D eigenvalue weighted by Gasteiger charge is -2.25. The number of nitrogens with one attached hydrogen (secondary N) is 1. The monoisotopic (exact) mass is 316 g/mol. The van der Waals surface area contributed by atoms with Crippen LogP contribution in [0, 0.1) is 16.2 Å². The van der Waals surface area contributed by atoms with Crippen molar-refractivity contribution in [2.24, 2.45) is 16.6 Å². The van der Waals surface area contributed by atoms with Crippen LogP contribution in [0.3, 0.4) is 0 Å². The number of allylic oxidation sites excluding steroid dienone is 2. The summed E-state index contributed by atoms with van der Waals surface area (Å²) in [6, 6.07) is 8.14. The predicted octanol–water partition coefficient (Wildman–Crippen LogP) is 4.95. The van der Waals surface area contributed by atoms with Crippen LogP contribution in [0.2, 0.25) is 0 Å². The lowest BCUT2D eigenvalue weighted by Crippen LogP contribution is -2.20. The number of ether oxygens (including phenoxy) is 1. The fraction of sp³-hybridized carbons (Fsp3) is 0.550. The molecule has 0 spiro atoms. The Morgan fingerprint density at radius 3 is 2.39 bits per heavy atom. The lowest BCUT2D eigenvalue weighted by molar-refractivity contribution is 0.377. The van der Waals surface area contributed by atoms with Crippen molar-refractivity contribution in [3.8, 4) is 5.75 Å². The number of rotatable bonds is 7. The van der Waals surface area contributed by atoms with Crippen LogP contribution in [0.15, 0.2) is 36.0 Å². The molecule has 1 aromatic carbocycles. The normalized spacial score (nSPS) is 13.0. The van der Waals surface area contributed by atoms with E-state index in [0.29, 0.717) is 12.1 Å². The molecule has 1 rings (SSSR count). The van der Waals surface area contributed by atoms with E-state index in [9.17, 15) is 0 Å². The van der Waals surface area contributed by atoms with Crippen molar-refractivity contribution in [1.29, 1.82) is 5.41 Å². The molecule has 0 bridgehead atoms. The van der Waals surface area contributed by atoms with E-state index < -0.39 is 0 Å². The van der Waals surface area contributed by atoms with Crippen molar-refractivity contribution in [3.63, 3.8) is 0 Å². The van der Waals surface area contributed by atoms with Gasteiger partial charge in [0.05, 0.1) is 7.11 Å². The molecule has 0 atom stereocenters. The number of methoxy groups -OCH3 is 1. The van der Waals surface area contributed by atoms with Crippen LogP contribution in [-0.2, 0) is 6.42 Å². The van der Waals surface area contributed by atoms with Crippen molar-refractivity contribution < 1.29 is 4.74 Å². The van der Waals surface area contributed by atoms with E-state index >= 15 is 0 Å². The molecule has 0 heterocycles. The summed E-state index contributed by atoms with van der Waals surface area (Å²) in [7, 11) is 1.68. The Hall–Kier alpha value is -1.77. The molecule has 3 nitrogen and oxygen atoms in total. The Labute approximate surface area is 141 Å². The van der Waals surface area contributed by atoms with E-state index in [1.807, 2.05) is 18.2 Å². The van der Waals surface area contributed by atoms with Gasteiger partial charge in [-0.2, -0.15) is 0 Å². The van der Waals surface area contributed by atoms with E-state index in [1.165, 1.54) is 5.56 Å². The number of hydrogen-bond acceptors (Lipinski definition) is 3. The summed E-state index contributed by atoms with van der Waals surface area (Å²) in [5.74, 6) is 0.877. The van der Waals surface area contributed by atoms with Crippen molar-refractivity contribution in [3.05, 3.63) is 41.6 Å². The van der Waals surface area contributed by atoms with Gasteiger partial charge in [0.1, 0.15) is 5.75 Å². The first-order valence-electron chi connectivity index (χ1n) is 8.17. The zero-order valence-corrected chi connectivity index (χ0v) is 15.5. The van der Waals surface area contributed by atoms with E-state index in [0.717, 1.165) is 24.3 Å². The van der Waals surface area contributed by atoms with Crippen molar-refractivity contribution >= 4 is 5.71 Å². The second-order valence-corrected chi connectivity index (χ2v) is 8.35. The molecule has 3 heteroatoms. The van der Waals surface area contributed by atoms with Crippen LogP contribution in [0.1, 0.15) is 53.0 Å². The third kappa shape index (κ3) is 7.87. The van der Waals surface area contributed by atoms with Crippen LogP contribution >= 0.6 is 0 Å². The van der Waals surface area contributed by atoms with Crippen molar-refractivity contribution in [1.82, 2.24) is 0 Å². The van der Waals surface area contributed by atoms with Crippen LogP contribution in [-0.4, -0.2) is 12.8 Å². The molecule has 0 aliphatic carbocycles. The minimum atomic E-state index is 0.00195. The summed E-state index contributed by atoms with van der Waals surface area (Å²) < 4.78 is 5.28. The molecule has 0 aliphatic rings. The highest BCUT2D eigenvalue weighted by atomic mass is 16.5. The Morgan fingerprint density at radius 2 is 1.83 bits per heavy atom. The molecule has 0 unspecified atom stereocenters. The molecule has 0 saturated heterocycles. The van der Waals surface area contributed by atoms with Gasteiger partial charge in [0, 0.05) is 11.4 Å². The summed E-state index contributed by atoms with van der Waals surface area (Å²) in [5, 5.41) is 8.25. The minimum absolute atomic E-state index is 0.00195. The van der Waals surface area contributed by atoms with E-state index in [1.54, 1.807) is 7.11 Å². The smallest absolute Gasteiger partial charge is 0.119 e. The first kappa shape index (κ1) is 19.3. The molecule has 0 saturated carbocycles. The largest absolute Gasteiger partial charge is 0.497 e. The highest BCUT2D eigenvalue weighted by Crippen LogP contribution is 2.28. The Balaban J connectivity index is 2.70. The van der Waals surface area contributed by atoms with Gasteiger partial charge in [0.25, 0.3) is 0 Å². The van der Waals surface area contributed by atoms with E-state index in [-0.39, 0.29) is 10.8 Å². The van der Waals surface area contributed by atoms with Crippen LogP contribution < -0.4 is 10.5 Å². The molecule has 1 aromatic rings. The Kier molecular flexibility index (Phi) is 6.43. The van der Waals surface area contributed by atoms with Crippen molar-refractivity contribution in [2.45, 2.75) is 53.9 Å². The average Bonchev–Trinajstić information content (AvgIpc) is 2.34. The molecule has 0 aliphatic heterocycles. The van der Waals surface area contributed by atoms with Crippen LogP contribution in [0.4, 0.5) is 0 Å². The molecule has 0 radical (unpaired) electrons. The van der Waals surface area contributed by atoms with Gasteiger partial charge in [-0.15, -0.1) is 0 Å². The SMILES string of the molecule is COc1cccc(CC(C)(C)CC(=N)/C=C(\N)CC(C)(C)C)c1. The summed E-state index contributed by atoms with van der Waals surface area (Å²) in [4.78, 5) is 0. The van der Waals surface area contributed by atoms with Gasteiger partial charge >= 0.3 is 0 Å². The summed E-state index contributed by atoms with van der Waals surface area (Å²) in [6.45, 7) is 10.8. The topological polar surface area (TPSA) is 59.1 Å². The van der Waals surface area contributed by atoms with Crippen LogP contribution in [0.25, 0.3) is 0 Å². The standard InChI is InChI=1S/C20H32N2O/c1-19(2,3)13-16(21)11-17(22)14-20(4,5)12-15-8-7-9-18(10-15)23-6/h7-11,22H,12-14,21H2,1-6H3/b16-11-,22-17?. The summed E-state index contributed by atoms with van der Waals surface area (Å²) in [5.41, 5.74) is 8.84. The molecular weight excluding hydrogens is 284 g/mol. The van der Waals surface area contributed by atoms with Gasteiger partial charge in [-0.25, -0.2) is 0 Å². The highest BCUT2D eigenvalue weighted by molar-refractivity contribution is 5.93. The molecular formula is C20H32N2O. The zero-order valence-electron chi connectivity index (χ0n) is 15.5. The lowest BCUT2D eigenvalue weighted by atomic mass is 9.80. The predicted molar refractivity (Wildman–Crippen MR) is 99.2 cm³/mol. The molecule has 0 aromatic heterocycles. The van der Waals surface area contributed by atoms with Gasteiger partial charge in [-0.1, -0.05) is 46.8 Å². The van der Waals surface area contributed by atoms with E-state index in [2.05, 4.69) is 46.8 Å². The number of nitrogens with two attached hydrogens (primary N) is 1. The third-order valence-corrected chi connectivity index (χ3v) is 3.58. The Morgan fingerprint density at radius 1 is 1.17 bits per heavy atom.